The number of esters is 1. The molecule has 0 saturated carbocycles. The maximum Gasteiger partial charge on any atom is 0.337 e. The highest BCUT2D eigenvalue weighted by Crippen LogP contribution is 2.12. The fourth-order valence-corrected chi connectivity index (χ4v) is 2.47. The Balaban J connectivity index is 1.50. The number of benzene rings is 2. The van der Waals surface area contributed by atoms with Crippen LogP contribution in [0.25, 0.3) is 11.0 Å². The van der Waals surface area contributed by atoms with Gasteiger partial charge in [-0.05, 0) is 29.8 Å². The minimum absolute atomic E-state index is 0.190. The molecule has 3 aromatic rings. The van der Waals surface area contributed by atoms with Crippen LogP contribution in [0.3, 0.4) is 0 Å². The number of para-hydroxylation sites is 2. The Morgan fingerprint density at radius 2 is 1.96 bits per heavy atom. The zero-order valence-corrected chi connectivity index (χ0v) is 14.3. The monoisotopic (exact) mass is 350 g/mol. The van der Waals surface area contributed by atoms with Crippen LogP contribution in [0.5, 0.6) is 0 Å². The Morgan fingerprint density at radius 3 is 2.73 bits per heavy atom. The molecule has 0 aliphatic carbocycles. The fraction of sp³-hybridized carbons (Fsp3) is 0.158. The predicted octanol–water partition coefficient (Wildman–Crippen LogP) is 2.36. The smallest absolute Gasteiger partial charge is 0.337 e. The number of nitrogens with one attached hydrogen (secondary N) is 1. The quantitative estimate of drug-likeness (QED) is 0.420. The maximum atomic E-state index is 11.9. The minimum Gasteiger partial charge on any atom is -0.465 e. The number of fused-ring (bicyclic) bond motifs is 1. The van der Waals surface area contributed by atoms with Gasteiger partial charge in [0.2, 0.25) is 5.91 Å². The summed E-state index contributed by atoms with van der Waals surface area (Å²) in [5.41, 5.74) is 5.62. The van der Waals surface area contributed by atoms with E-state index in [0.717, 1.165) is 16.6 Å². The van der Waals surface area contributed by atoms with Crippen LogP contribution in [0.2, 0.25) is 0 Å². The lowest BCUT2D eigenvalue weighted by molar-refractivity contribution is -0.121. The molecule has 3 rings (SSSR count). The molecule has 1 N–H and O–H groups in total. The van der Waals surface area contributed by atoms with E-state index in [0.29, 0.717) is 18.5 Å². The Kier molecular flexibility index (Phi) is 5.38. The second-order valence-electron chi connectivity index (χ2n) is 5.58. The molecule has 1 heterocycles. The van der Waals surface area contributed by atoms with E-state index in [1.807, 2.05) is 28.8 Å². The lowest BCUT2D eigenvalue weighted by atomic mass is 10.1. The van der Waals surface area contributed by atoms with Crippen LogP contribution in [0.1, 0.15) is 22.3 Å². The van der Waals surface area contributed by atoms with Crippen molar-refractivity contribution in [1.29, 1.82) is 0 Å². The van der Waals surface area contributed by atoms with E-state index in [1.54, 1.807) is 30.6 Å². The molecule has 0 bridgehead atoms. The van der Waals surface area contributed by atoms with Crippen LogP contribution >= 0.6 is 0 Å². The molecule has 0 aliphatic rings. The van der Waals surface area contributed by atoms with Gasteiger partial charge in [0.1, 0.15) is 0 Å². The van der Waals surface area contributed by atoms with E-state index in [4.69, 9.17) is 0 Å². The number of hydrogen-bond acceptors (Lipinski definition) is 5. The van der Waals surface area contributed by atoms with E-state index in [2.05, 4.69) is 20.2 Å². The number of amides is 1. The summed E-state index contributed by atoms with van der Waals surface area (Å²) < 4.78 is 6.57. The molecule has 1 aromatic heterocycles. The normalized spacial score (nSPS) is 11.0. The average molecular weight is 350 g/mol. The van der Waals surface area contributed by atoms with Crippen molar-refractivity contribution in [3.63, 3.8) is 0 Å². The van der Waals surface area contributed by atoms with Crippen LogP contribution in [-0.4, -0.2) is 34.8 Å². The maximum absolute atomic E-state index is 11.9. The summed E-state index contributed by atoms with van der Waals surface area (Å²) in [7, 11) is 1.33. The summed E-state index contributed by atoms with van der Waals surface area (Å²) in [5, 5.41) is 3.93. The number of aromatic nitrogens is 2. The SMILES string of the molecule is COC(=O)c1ccc(/C=N\NC(=O)CCn2cnc3ccccc32)cc1. The van der Waals surface area contributed by atoms with E-state index >= 15 is 0 Å². The molecule has 0 radical (unpaired) electrons. The van der Waals surface area contributed by atoms with Gasteiger partial charge >= 0.3 is 5.97 Å². The number of hydrogen-bond donors (Lipinski definition) is 1. The number of imidazole rings is 1. The van der Waals surface area contributed by atoms with Crippen molar-refractivity contribution in [3.05, 3.63) is 66.0 Å². The van der Waals surface area contributed by atoms with Gasteiger partial charge in [0.15, 0.2) is 0 Å². The number of ether oxygens (including phenoxy) is 1. The average Bonchev–Trinajstić information content (AvgIpc) is 3.09. The standard InChI is InChI=1S/C19H18N4O3/c1-26-19(25)15-8-6-14(7-9-15)12-21-22-18(24)10-11-23-13-20-16-4-2-3-5-17(16)23/h2-9,12-13H,10-11H2,1H3,(H,22,24)/b21-12-. The van der Waals surface area contributed by atoms with Crippen LogP contribution in [-0.2, 0) is 16.1 Å². The molecule has 26 heavy (non-hydrogen) atoms. The van der Waals surface area contributed by atoms with Gasteiger partial charge in [-0.2, -0.15) is 5.10 Å². The van der Waals surface area contributed by atoms with Crippen molar-refractivity contribution in [2.24, 2.45) is 5.10 Å². The van der Waals surface area contributed by atoms with Crippen LogP contribution < -0.4 is 5.43 Å². The van der Waals surface area contributed by atoms with Gasteiger partial charge in [-0.15, -0.1) is 0 Å². The molecule has 0 aliphatic heterocycles. The predicted molar refractivity (Wildman–Crippen MR) is 97.9 cm³/mol. The number of nitrogens with zero attached hydrogens (tertiary/aromatic N) is 3. The van der Waals surface area contributed by atoms with E-state index in [9.17, 15) is 9.59 Å². The summed E-state index contributed by atoms with van der Waals surface area (Å²) >= 11 is 0. The molecular formula is C19H18N4O3. The summed E-state index contributed by atoms with van der Waals surface area (Å²) in [6, 6.07) is 14.5. The molecule has 0 saturated heterocycles. The van der Waals surface area contributed by atoms with Crippen LogP contribution in [0.15, 0.2) is 60.0 Å². The Labute approximate surface area is 150 Å². The zero-order chi connectivity index (χ0) is 18.4. The third-order valence-corrected chi connectivity index (χ3v) is 3.84. The molecule has 0 unspecified atom stereocenters. The second kappa shape index (κ2) is 8.06. The highest BCUT2D eigenvalue weighted by Gasteiger charge is 2.05. The first-order valence-electron chi connectivity index (χ1n) is 8.07. The van der Waals surface area contributed by atoms with Crippen molar-refractivity contribution < 1.29 is 14.3 Å². The first kappa shape index (κ1) is 17.3. The van der Waals surface area contributed by atoms with Crippen molar-refractivity contribution >= 4 is 29.1 Å². The molecule has 1 amide bonds. The highest BCUT2D eigenvalue weighted by molar-refractivity contribution is 5.90. The number of carbonyl (C=O) groups is 2. The zero-order valence-electron chi connectivity index (χ0n) is 14.3. The lowest BCUT2D eigenvalue weighted by Gasteiger charge is -2.03. The largest absolute Gasteiger partial charge is 0.465 e. The number of rotatable bonds is 6. The van der Waals surface area contributed by atoms with Crippen molar-refractivity contribution in [1.82, 2.24) is 15.0 Å². The molecule has 2 aromatic carbocycles. The summed E-state index contributed by atoms with van der Waals surface area (Å²) in [5.74, 6) is -0.584. The molecule has 0 atom stereocenters. The number of aryl methyl sites for hydroxylation is 1. The molecule has 0 spiro atoms. The topological polar surface area (TPSA) is 85.6 Å². The van der Waals surface area contributed by atoms with Gasteiger partial charge < -0.3 is 9.30 Å². The first-order chi connectivity index (χ1) is 12.7. The van der Waals surface area contributed by atoms with Gasteiger partial charge in [-0.1, -0.05) is 24.3 Å². The van der Waals surface area contributed by atoms with Crippen molar-refractivity contribution in [3.8, 4) is 0 Å². The Bertz CT molecular complexity index is 945. The number of carbonyl (C=O) groups excluding carboxylic acids is 2. The lowest BCUT2D eigenvalue weighted by Crippen LogP contribution is -2.19. The fourth-order valence-electron chi connectivity index (χ4n) is 2.47. The van der Waals surface area contributed by atoms with Gasteiger partial charge in [0.05, 0.1) is 36.2 Å². The Hall–Kier alpha value is -3.48. The molecule has 7 nitrogen and oxygen atoms in total. The van der Waals surface area contributed by atoms with E-state index in [1.165, 1.54) is 13.3 Å². The van der Waals surface area contributed by atoms with Gasteiger partial charge in [-0.3, -0.25) is 4.79 Å². The summed E-state index contributed by atoms with van der Waals surface area (Å²) in [6.07, 6.45) is 3.54. The molecule has 7 heteroatoms. The molecular weight excluding hydrogens is 332 g/mol. The first-order valence-corrected chi connectivity index (χ1v) is 8.07. The number of methoxy groups -OCH3 is 1. The Morgan fingerprint density at radius 1 is 1.19 bits per heavy atom. The minimum atomic E-state index is -0.395. The van der Waals surface area contributed by atoms with Crippen LogP contribution in [0, 0.1) is 0 Å². The number of hydrazone groups is 1. The van der Waals surface area contributed by atoms with E-state index in [-0.39, 0.29) is 5.91 Å². The highest BCUT2D eigenvalue weighted by atomic mass is 16.5. The molecule has 0 fully saturated rings. The third kappa shape index (κ3) is 4.13. The summed E-state index contributed by atoms with van der Waals surface area (Å²) in [4.78, 5) is 27.6. The van der Waals surface area contributed by atoms with Gasteiger partial charge in [-0.25, -0.2) is 15.2 Å². The van der Waals surface area contributed by atoms with Crippen LogP contribution in [0.4, 0.5) is 0 Å². The van der Waals surface area contributed by atoms with Crippen molar-refractivity contribution in [2.45, 2.75) is 13.0 Å². The van der Waals surface area contributed by atoms with Crippen molar-refractivity contribution in [2.75, 3.05) is 7.11 Å². The van der Waals surface area contributed by atoms with E-state index < -0.39 is 5.97 Å². The van der Waals surface area contributed by atoms with Gasteiger partial charge in [0.25, 0.3) is 0 Å². The van der Waals surface area contributed by atoms with Gasteiger partial charge in [0, 0.05) is 13.0 Å². The third-order valence-electron chi connectivity index (χ3n) is 3.84. The summed E-state index contributed by atoms with van der Waals surface area (Å²) in [6.45, 7) is 0.524. The molecule has 132 valence electrons. The second-order valence-corrected chi connectivity index (χ2v) is 5.58.